The normalized spacial score (nSPS) is 14.3. The minimum atomic E-state index is -0.225. The summed E-state index contributed by atoms with van der Waals surface area (Å²) < 4.78 is 19.1. The standard InChI is InChI=1S/C18H19FN2O/c19-17-8-2-1-6-16(17)13-22-12-14-5-3-7-15(11-14)18-20-9-4-10-21-18/h1-3,5-8,11H,4,9-10,12-13H2,(H,20,21). The highest BCUT2D eigenvalue weighted by molar-refractivity contribution is 5.99. The van der Waals surface area contributed by atoms with Gasteiger partial charge in [0.15, 0.2) is 0 Å². The van der Waals surface area contributed by atoms with Crippen LogP contribution in [0.3, 0.4) is 0 Å². The topological polar surface area (TPSA) is 33.6 Å². The molecular weight excluding hydrogens is 279 g/mol. The average molecular weight is 298 g/mol. The van der Waals surface area contributed by atoms with Crippen molar-refractivity contribution < 1.29 is 9.13 Å². The van der Waals surface area contributed by atoms with Crippen LogP contribution in [-0.2, 0) is 18.0 Å². The molecule has 0 saturated heterocycles. The number of ether oxygens (including phenoxy) is 1. The predicted molar refractivity (Wildman–Crippen MR) is 85.4 cm³/mol. The third-order valence-electron chi connectivity index (χ3n) is 3.58. The molecule has 2 aromatic rings. The van der Waals surface area contributed by atoms with Crippen LogP contribution in [0.15, 0.2) is 53.5 Å². The number of nitrogens with one attached hydrogen (secondary N) is 1. The Morgan fingerprint density at radius 3 is 2.82 bits per heavy atom. The summed E-state index contributed by atoms with van der Waals surface area (Å²) >= 11 is 0. The lowest BCUT2D eigenvalue weighted by atomic mass is 10.1. The Balaban J connectivity index is 1.61. The summed E-state index contributed by atoms with van der Waals surface area (Å²) in [6.45, 7) is 2.56. The van der Waals surface area contributed by atoms with Crippen molar-refractivity contribution in [3.8, 4) is 0 Å². The number of benzene rings is 2. The molecule has 1 aliphatic heterocycles. The fourth-order valence-corrected chi connectivity index (χ4v) is 2.43. The summed E-state index contributed by atoms with van der Waals surface area (Å²) in [5.41, 5.74) is 2.72. The van der Waals surface area contributed by atoms with Crippen molar-refractivity contribution in [1.29, 1.82) is 0 Å². The molecule has 3 nitrogen and oxygen atoms in total. The second-order valence-corrected chi connectivity index (χ2v) is 5.30. The molecule has 0 atom stereocenters. The van der Waals surface area contributed by atoms with Crippen LogP contribution in [0.5, 0.6) is 0 Å². The highest BCUT2D eigenvalue weighted by atomic mass is 19.1. The minimum Gasteiger partial charge on any atom is -0.372 e. The second-order valence-electron chi connectivity index (χ2n) is 5.30. The van der Waals surface area contributed by atoms with Gasteiger partial charge in [-0.25, -0.2) is 4.39 Å². The van der Waals surface area contributed by atoms with E-state index in [1.165, 1.54) is 6.07 Å². The Bertz CT molecular complexity index is 670. The number of amidine groups is 1. The summed E-state index contributed by atoms with van der Waals surface area (Å²) in [6.07, 6.45) is 1.08. The largest absolute Gasteiger partial charge is 0.372 e. The van der Waals surface area contributed by atoms with Crippen molar-refractivity contribution in [3.05, 3.63) is 71.0 Å². The zero-order chi connectivity index (χ0) is 15.2. The number of rotatable bonds is 5. The van der Waals surface area contributed by atoms with Crippen molar-refractivity contribution >= 4 is 5.84 Å². The highest BCUT2D eigenvalue weighted by Crippen LogP contribution is 2.12. The van der Waals surface area contributed by atoms with Gasteiger partial charge in [-0.05, 0) is 24.1 Å². The molecule has 0 radical (unpaired) electrons. The van der Waals surface area contributed by atoms with Gasteiger partial charge in [0.1, 0.15) is 11.7 Å². The first kappa shape index (κ1) is 14.7. The maximum Gasteiger partial charge on any atom is 0.128 e. The van der Waals surface area contributed by atoms with Crippen LogP contribution in [0.4, 0.5) is 4.39 Å². The average Bonchev–Trinajstić information content (AvgIpc) is 2.58. The van der Waals surface area contributed by atoms with E-state index in [4.69, 9.17) is 4.74 Å². The molecule has 2 aromatic carbocycles. The van der Waals surface area contributed by atoms with Gasteiger partial charge in [-0.3, -0.25) is 4.99 Å². The third kappa shape index (κ3) is 3.71. The van der Waals surface area contributed by atoms with Crippen molar-refractivity contribution in [2.75, 3.05) is 13.1 Å². The van der Waals surface area contributed by atoms with Gasteiger partial charge in [-0.2, -0.15) is 0 Å². The van der Waals surface area contributed by atoms with E-state index < -0.39 is 0 Å². The lowest BCUT2D eigenvalue weighted by Gasteiger charge is -2.15. The first-order valence-electron chi connectivity index (χ1n) is 7.52. The number of aliphatic imine (C=N–C) groups is 1. The van der Waals surface area contributed by atoms with Crippen LogP contribution in [0.25, 0.3) is 0 Å². The molecule has 0 unspecified atom stereocenters. The molecule has 1 aliphatic rings. The quantitative estimate of drug-likeness (QED) is 0.919. The summed E-state index contributed by atoms with van der Waals surface area (Å²) in [5, 5.41) is 3.31. The maximum atomic E-state index is 13.5. The smallest absolute Gasteiger partial charge is 0.128 e. The maximum absolute atomic E-state index is 13.5. The molecule has 114 valence electrons. The van der Waals surface area contributed by atoms with E-state index in [2.05, 4.69) is 16.4 Å². The van der Waals surface area contributed by atoms with E-state index in [1.54, 1.807) is 12.1 Å². The van der Waals surface area contributed by atoms with E-state index in [0.717, 1.165) is 36.5 Å². The van der Waals surface area contributed by atoms with E-state index in [0.29, 0.717) is 12.2 Å². The predicted octanol–water partition coefficient (Wildman–Crippen LogP) is 3.28. The van der Waals surface area contributed by atoms with Gasteiger partial charge in [0, 0.05) is 24.2 Å². The Kier molecular flexibility index (Phi) is 4.81. The monoisotopic (exact) mass is 298 g/mol. The highest BCUT2D eigenvalue weighted by Gasteiger charge is 2.07. The molecule has 0 spiro atoms. The molecule has 0 fully saturated rings. The van der Waals surface area contributed by atoms with E-state index in [1.807, 2.05) is 24.3 Å². The molecule has 1 heterocycles. The number of hydrogen-bond donors (Lipinski definition) is 1. The Morgan fingerprint density at radius 1 is 1.09 bits per heavy atom. The van der Waals surface area contributed by atoms with Gasteiger partial charge in [0.05, 0.1) is 13.2 Å². The molecule has 0 aromatic heterocycles. The summed E-state index contributed by atoms with van der Waals surface area (Å²) in [6, 6.07) is 14.8. The molecule has 0 bridgehead atoms. The van der Waals surface area contributed by atoms with Crippen LogP contribution in [0.2, 0.25) is 0 Å². The van der Waals surface area contributed by atoms with E-state index in [-0.39, 0.29) is 12.4 Å². The van der Waals surface area contributed by atoms with Crippen LogP contribution >= 0.6 is 0 Å². The van der Waals surface area contributed by atoms with Crippen LogP contribution < -0.4 is 5.32 Å². The minimum absolute atomic E-state index is 0.225. The first-order chi connectivity index (χ1) is 10.8. The fraction of sp³-hybridized carbons (Fsp3) is 0.278. The SMILES string of the molecule is Fc1ccccc1COCc1cccc(C2=NCCCN2)c1. The molecule has 0 amide bonds. The summed E-state index contributed by atoms with van der Waals surface area (Å²) in [4.78, 5) is 4.50. The lowest BCUT2D eigenvalue weighted by Crippen LogP contribution is -2.30. The van der Waals surface area contributed by atoms with Crippen LogP contribution in [0.1, 0.15) is 23.1 Å². The zero-order valence-corrected chi connectivity index (χ0v) is 12.4. The van der Waals surface area contributed by atoms with Crippen molar-refractivity contribution in [2.24, 2.45) is 4.99 Å². The van der Waals surface area contributed by atoms with Crippen LogP contribution in [-0.4, -0.2) is 18.9 Å². The number of nitrogens with zero attached hydrogens (tertiary/aromatic N) is 1. The third-order valence-corrected chi connectivity index (χ3v) is 3.58. The summed E-state index contributed by atoms with van der Waals surface area (Å²) in [5.74, 6) is 0.721. The van der Waals surface area contributed by atoms with E-state index in [9.17, 15) is 4.39 Å². The van der Waals surface area contributed by atoms with E-state index >= 15 is 0 Å². The van der Waals surface area contributed by atoms with Gasteiger partial charge in [-0.15, -0.1) is 0 Å². The molecule has 22 heavy (non-hydrogen) atoms. The van der Waals surface area contributed by atoms with Crippen molar-refractivity contribution in [3.63, 3.8) is 0 Å². The van der Waals surface area contributed by atoms with Gasteiger partial charge >= 0.3 is 0 Å². The van der Waals surface area contributed by atoms with Crippen molar-refractivity contribution in [2.45, 2.75) is 19.6 Å². The fourth-order valence-electron chi connectivity index (χ4n) is 2.43. The Hall–Kier alpha value is -2.20. The van der Waals surface area contributed by atoms with Gasteiger partial charge in [0.25, 0.3) is 0 Å². The lowest BCUT2D eigenvalue weighted by molar-refractivity contribution is 0.105. The Labute approximate surface area is 129 Å². The van der Waals surface area contributed by atoms with Crippen LogP contribution in [0, 0.1) is 5.82 Å². The van der Waals surface area contributed by atoms with Gasteiger partial charge in [-0.1, -0.05) is 36.4 Å². The Morgan fingerprint density at radius 2 is 2.00 bits per heavy atom. The summed E-state index contributed by atoms with van der Waals surface area (Å²) in [7, 11) is 0. The number of hydrogen-bond acceptors (Lipinski definition) is 3. The second kappa shape index (κ2) is 7.18. The molecular formula is C18H19FN2O. The molecule has 4 heteroatoms. The zero-order valence-electron chi connectivity index (χ0n) is 12.4. The first-order valence-corrected chi connectivity index (χ1v) is 7.52. The molecule has 3 rings (SSSR count). The molecule has 0 aliphatic carbocycles. The number of halogens is 1. The van der Waals surface area contributed by atoms with Gasteiger partial charge < -0.3 is 10.1 Å². The van der Waals surface area contributed by atoms with Crippen molar-refractivity contribution in [1.82, 2.24) is 5.32 Å². The van der Waals surface area contributed by atoms with Gasteiger partial charge in [0.2, 0.25) is 0 Å². The molecule has 1 N–H and O–H groups in total. The molecule has 0 saturated carbocycles.